The lowest BCUT2D eigenvalue weighted by molar-refractivity contribution is 0.0760. The van der Waals surface area contributed by atoms with Crippen molar-refractivity contribution in [3.8, 4) is 0 Å². The highest BCUT2D eigenvalue weighted by molar-refractivity contribution is 6.00. The van der Waals surface area contributed by atoms with Gasteiger partial charge in [-0.05, 0) is 24.1 Å². The van der Waals surface area contributed by atoms with Crippen LogP contribution in [-0.2, 0) is 4.74 Å². The number of nitrogens with one attached hydrogen (secondary N) is 1. The predicted octanol–water partition coefficient (Wildman–Crippen LogP) is 2.17. The third-order valence-electron chi connectivity index (χ3n) is 3.84. The van der Waals surface area contributed by atoms with Crippen LogP contribution >= 0.6 is 0 Å². The lowest BCUT2D eigenvalue weighted by Crippen LogP contribution is -2.35. The summed E-state index contributed by atoms with van der Waals surface area (Å²) in [6.07, 6.45) is 2.93. The number of anilines is 1. The SMILES string of the molecule is COCC1=CCN(C(=O)c2cc3cccc(N)c3[nH]2)CC1. The van der Waals surface area contributed by atoms with Crippen molar-refractivity contribution in [2.24, 2.45) is 0 Å². The van der Waals surface area contributed by atoms with E-state index in [0.29, 0.717) is 24.5 Å². The molecular weight excluding hydrogens is 266 g/mol. The molecule has 2 aromatic rings. The predicted molar refractivity (Wildman–Crippen MR) is 83.2 cm³/mol. The Bertz CT molecular complexity index is 703. The van der Waals surface area contributed by atoms with E-state index >= 15 is 0 Å². The highest BCUT2D eigenvalue weighted by Crippen LogP contribution is 2.22. The van der Waals surface area contributed by atoms with Gasteiger partial charge in [0.2, 0.25) is 0 Å². The number of aromatic amines is 1. The number of para-hydroxylation sites is 1. The Hall–Kier alpha value is -2.27. The maximum Gasteiger partial charge on any atom is 0.270 e. The van der Waals surface area contributed by atoms with Gasteiger partial charge in [0.05, 0.1) is 17.8 Å². The molecule has 2 heterocycles. The fourth-order valence-electron chi connectivity index (χ4n) is 2.68. The van der Waals surface area contributed by atoms with Crippen molar-refractivity contribution in [3.05, 3.63) is 41.6 Å². The lowest BCUT2D eigenvalue weighted by atomic mass is 10.1. The van der Waals surface area contributed by atoms with Crippen LogP contribution in [0, 0.1) is 0 Å². The smallest absolute Gasteiger partial charge is 0.270 e. The molecule has 0 saturated heterocycles. The third kappa shape index (κ3) is 2.64. The second-order valence-corrected chi connectivity index (χ2v) is 5.29. The van der Waals surface area contributed by atoms with Crippen molar-refractivity contribution >= 4 is 22.5 Å². The number of ether oxygens (including phenoxy) is 1. The zero-order valence-electron chi connectivity index (χ0n) is 12.1. The van der Waals surface area contributed by atoms with Gasteiger partial charge in [-0.25, -0.2) is 0 Å². The van der Waals surface area contributed by atoms with Gasteiger partial charge < -0.3 is 20.4 Å². The molecule has 1 aliphatic heterocycles. The molecule has 1 aliphatic rings. The Balaban J connectivity index is 1.80. The van der Waals surface area contributed by atoms with Crippen molar-refractivity contribution < 1.29 is 9.53 Å². The zero-order chi connectivity index (χ0) is 14.8. The number of H-pyrrole nitrogens is 1. The van der Waals surface area contributed by atoms with Gasteiger partial charge >= 0.3 is 0 Å². The monoisotopic (exact) mass is 285 g/mol. The largest absolute Gasteiger partial charge is 0.397 e. The van der Waals surface area contributed by atoms with E-state index in [1.54, 1.807) is 7.11 Å². The summed E-state index contributed by atoms with van der Waals surface area (Å²) in [6, 6.07) is 7.53. The molecule has 0 spiro atoms. The normalized spacial score (nSPS) is 15.3. The van der Waals surface area contributed by atoms with Crippen LogP contribution in [0.25, 0.3) is 10.9 Å². The molecular formula is C16H19N3O2. The fraction of sp³-hybridized carbons (Fsp3) is 0.312. The Morgan fingerprint density at radius 2 is 2.33 bits per heavy atom. The molecule has 0 atom stereocenters. The molecule has 0 aliphatic carbocycles. The minimum Gasteiger partial charge on any atom is -0.397 e. The number of carbonyl (C=O) groups is 1. The Kier molecular flexibility index (Phi) is 3.66. The maximum atomic E-state index is 12.5. The standard InChI is InChI=1S/C16H19N3O2/c1-21-10-11-5-7-19(8-6-11)16(20)14-9-12-3-2-4-13(17)15(12)18-14/h2-5,9,18H,6-8,10,17H2,1H3. The molecule has 0 fully saturated rings. The molecule has 5 nitrogen and oxygen atoms in total. The molecule has 0 unspecified atom stereocenters. The van der Waals surface area contributed by atoms with Crippen LogP contribution < -0.4 is 5.73 Å². The fourth-order valence-corrected chi connectivity index (χ4v) is 2.68. The van der Waals surface area contributed by atoms with Gasteiger partial charge in [-0.15, -0.1) is 0 Å². The first-order chi connectivity index (χ1) is 10.2. The summed E-state index contributed by atoms with van der Waals surface area (Å²) in [6.45, 7) is 1.99. The molecule has 3 N–H and O–H groups in total. The second-order valence-electron chi connectivity index (χ2n) is 5.29. The molecule has 1 amide bonds. The first-order valence-corrected chi connectivity index (χ1v) is 7.02. The summed E-state index contributed by atoms with van der Waals surface area (Å²) in [5, 5.41) is 0.964. The van der Waals surface area contributed by atoms with Crippen LogP contribution in [0.15, 0.2) is 35.9 Å². The number of aromatic nitrogens is 1. The van der Waals surface area contributed by atoms with Crippen molar-refractivity contribution in [1.29, 1.82) is 0 Å². The number of benzene rings is 1. The first-order valence-electron chi connectivity index (χ1n) is 7.02. The van der Waals surface area contributed by atoms with Crippen molar-refractivity contribution in [1.82, 2.24) is 9.88 Å². The van der Waals surface area contributed by atoms with E-state index in [-0.39, 0.29) is 5.91 Å². The molecule has 0 bridgehead atoms. The summed E-state index contributed by atoms with van der Waals surface area (Å²) in [4.78, 5) is 17.5. The number of hydrogen-bond donors (Lipinski definition) is 2. The average molecular weight is 285 g/mol. The first kappa shape index (κ1) is 13.7. The van der Waals surface area contributed by atoms with E-state index in [1.807, 2.05) is 29.2 Å². The van der Waals surface area contributed by atoms with Crippen LogP contribution in [0.4, 0.5) is 5.69 Å². The van der Waals surface area contributed by atoms with Crippen molar-refractivity contribution in [2.75, 3.05) is 32.5 Å². The van der Waals surface area contributed by atoms with Gasteiger partial charge in [-0.3, -0.25) is 4.79 Å². The van der Waals surface area contributed by atoms with Gasteiger partial charge in [0.15, 0.2) is 0 Å². The van der Waals surface area contributed by atoms with Crippen LogP contribution in [0.1, 0.15) is 16.9 Å². The number of methoxy groups -OCH3 is 1. The van der Waals surface area contributed by atoms with Crippen LogP contribution in [0.2, 0.25) is 0 Å². The van der Waals surface area contributed by atoms with E-state index in [1.165, 1.54) is 5.57 Å². The second kappa shape index (κ2) is 5.61. The number of fused-ring (bicyclic) bond motifs is 1. The maximum absolute atomic E-state index is 12.5. The Labute approximate surface area is 123 Å². The van der Waals surface area contributed by atoms with Gasteiger partial charge in [0, 0.05) is 25.6 Å². The number of hydrogen-bond acceptors (Lipinski definition) is 3. The van der Waals surface area contributed by atoms with Gasteiger partial charge in [-0.2, -0.15) is 0 Å². The topological polar surface area (TPSA) is 71.3 Å². The summed E-state index contributed by atoms with van der Waals surface area (Å²) in [7, 11) is 1.69. The Morgan fingerprint density at radius 3 is 3.00 bits per heavy atom. The van der Waals surface area contributed by atoms with Crippen LogP contribution in [0.5, 0.6) is 0 Å². The molecule has 21 heavy (non-hydrogen) atoms. The minimum absolute atomic E-state index is 0.0123. The number of nitrogens with zero attached hydrogens (tertiary/aromatic N) is 1. The quantitative estimate of drug-likeness (QED) is 0.670. The van der Waals surface area contributed by atoms with Crippen molar-refractivity contribution in [3.63, 3.8) is 0 Å². The van der Waals surface area contributed by atoms with E-state index in [0.717, 1.165) is 23.9 Å². The summed E-state index contributed by atoms with van der Waals surface area (Å²) >= 11 is 0. The van der Waals surface area contributed by atoms with Gasteiger partial charge in [0.1, 0.15) is 5.69 Å². The number of amides is 1. The molecule has 1 aromatic heterocycles. The third-order valence-corrected chi connectivity index (χ3v) is 3.84. The average Bonchev–Trinajstić information content (AvgIpc) is 2.93. The van der Waals surface area contributed by atoms with Gasteiger partial charge in [0.25, 0.3) is 5.91 Å². The van der Waals surface area contributed by atoms with E-state index < -0.39 is 0 Å². The summed E-state index contributed by atoms with van der Waals surface area (Å²) in [5.74, 6) is 0.0123. The molecule has 3 rings (SSSR count). The summed E-state index contributed by atoms with van der Waals surface area (Å²) in [5.41, 5.74) is 9.25. The van der Waals surface area contributed by atoms with E-state index in [9.17, 15) is 4.79 Å². The molecule has 110 valence electrons. The molecule has 0 radical (unpaired) electrons. The van der Waals surface area contributed by atoms with E-state index in [2.05, 4.69) is 11.1 Å². The Morgan fingerprint density at radius 1 is 1.48 bits per heavy atom. The highest BCUT2D eigenvalue weighted by atomic mass is 16.5. The van der Waals surface area contributed by atoms with Gasteiger partial charge in [-0.1, -0.05) is 18.2 Å². The van der Waals surface area contributed by atoms with Crippen molar-refractivity contribution in [2.45, 2.75) is 6.42 Å². The lowest BCUT2D eigenvalue weighted by Gasteiger charge is -2.25. The highest BCUT2D eigenvalue weighted by Gasteiger charge is 2.20. The number of nitrogens with two attached hydrogens (primary N) is 1. The zero-order valence-corrected chi connectivity index (χ0v) is 12.1. The number of rotatable bonds is 3. The van der Waals surface area contributed by atoms with E-state index in [4.69, 9.17) is 10.5 Å². The molecule has 5 heteroatoms. The molecule has 0 saturated carbocycles. The molecule has 1 aromatic carbocycles. The number of carbonyl (C=O) groups excluding carboxylic acids is 1. The minimum atomic E-state index is 0.0123. The van der Waals surface area contributed by atoms with Crippen LogP contribution in [0.3, 0.4) is 0 Å². The summed E-state index contributed by atoms with van der Waals surface area (Å²) < 4.78 is 5.12. The number of nitrogen functional groups attached to an aromatic ring is 1. The van der Waals surface area contributed by atoms with Crippen LogP contribution in [-0.4, -0.2) is 42.6 Å².